The molecule has 1 saturated carbocycles. The number of halogens is 3. The summed E-state index contributed by atoms with van der Waals surface area (Å²) in [5.74, 6) is -1.42. The molecule has 12 heteroatoms. The summed E-state index contributed by atoms with van der Waals surface area (Å²) in [5, 5.41) is 5.30. The van der Waals surface area contributed by atoms with Crippen molar-refractivity contribution in [2.75, 3.05) is 25.1 Å². The van der Waals surface area contributed by atoms with Gasteiger partial charge in [0.05, 0.1) is 22.8 Å². The Morgan fingerprint density at radius 1 is 1.05 bits per heavy atom. The largest absolute Gasteiger partial charge is 0.416 e. The Balaban J connectivity index is 1.75. The molecule has 2 amide bonds. The molecular weight excluding hydrogens is 599 g/mol. The van der Waals surface area contributed by atoms with Crippen molar-refractivity contribution >= 4 is 33.4 Å². The van der Waals surface area contributed by atoms with Crippen LogP contribution in [-0.2, 0) is 20.8 Å². The second-order valence-electron chi connectivity index (χ2n) is 11.8. The van der Waals surface area contributed by atoms with E-state index in [1.165, 1.54) is 17.8 Å². The molecule has 3 rings (SSSR count). The van der Waals surface area contributed by atoms with Crippen LogP contribution in [0.15, 0.2) is 58.3 Å². The number of nitrogens with zero attached hydrogens (tertiary/aromatic N) is 1. The minimum atomic E-state index is -4.60. The Morgan fingerprint density at radius 2 is 1.72 bits per heavy atom. The van der Waals surface area contributed by atoms with Gasteiger partial charge in [-0.15, -0.1) is 11.8 Å². The lowest BCUT2D eigenvalue weighted by molar-refractivity contribution is -0.137. The first-order chi connectivity index (χ1) is 20.1. The lowest BCUT2D eigenvalue weighted by Gasteiger charge is -2.44. The van der Waals surface area contributed by atoms with Gasteiger partial charge >= 0.3 is 6.18 Å². The summed E-state index contributed by atoms with van der Waals surface area (Å²) in [7, 11) is -3.66. The van der Waals surface area contributed by atoms with Crippen LogP contribution in [0.4, 0.5) is 13.2 Å². The van der Waals surface area contributed by atoms with E-state index in [1.54, 1.807) is 24.3 Å². The van der Waals surface area contributed by atoms with E-state index in [-0.39, 0.29) is 34.2 Å². The van der Waals surface area contributed by atoms with Gasteiger partial charge in [0, 0.05) is 35.1 Å². The molecule has 43 heavy (non-hydrogen) atoms. The number of nitrogens with one attached hydrogen (secondary N) is 2. The summed E-state index contributed by atoms with van der Waals surface area (Å²) in [4.78, 5) is 29.0. The van der Waals surface area contributed by atoms with Crippen LogP contribution in [0.2, 0.25) is 0 Å². The third-order valence-electron chi connectivity index (χ3n) is 7.72. The van der Waals surface area contributed by atoms with Crippen LogP contribution in [0.25, 0.3) is 0 Å². The average Bonchev–Trinajstić information content (AvgIpc) is 2.95. The number of thioether (sulfide) groups is 1. The van der Waals surface area contributed by atoms with E-state index in [4.69, 9.17) is 0 Å². The van der Waals surface area contributed by atoms with E-state index >= 15 is 0 Å². The summed E-state index contributed by atoms with van der Waals surface area (Å²) in [5.41, 5.74) is -1.17. The monoisotopic (exact) mass is 641 g/mol. The van der Waals surface area contributed by atoms with E-state index in [0.29, 0.717) is 18.8 Å². The van der Waals surface area contributed by atoms with Crippen LogP contribution in [0, 0.1) is 11.8 Å². The molecule has 2 N–H and O–H groups in total. The molecule has 0 heterocycles. The predicted octanol–water partition coefficient (Wildman–Crippen LogP) is 5.65. The van der Waals surface area contributed by atoms with Crippen LogP contribution < -0.4 is 10.6 Å². The summed E-state index contributed by atoms with van der Waals surface area (Å²) >= 11 is 1.52. The number of hydrogen-bond acceptors (Lipinski definition) is 6. The first-order valence-electron chi connectivity index (χ1n) is 14.5. The Bertz CT molecular complexity index is 1350. The molecule has 1 aliphatic rings. The highest BCUT2D eigenvalue weighted by Crippen LogP contribution is 2.33. The zero-order valence-electron chi connectivity index (χ0n) is 25.3. The van der Waals surface area contributed by atoms with Crippen LogP contribution in [-0.4, -0.2) is 68.4 Å². The second kappa shape index (κ2) is 14.9. The maximum absolute atomic E-state index is 13.5. The minimum absolute atomic E-state index is 0.142. The summed E-state index contributed by atoms with van der Waals surface area (Å²) < 4.78 is 66.2. The maximum Gasteiger partial charge on any atom is 0.416 e. The van der Waals surface area contributed by atoms with Gasteiger partial charge in [-0.25, -0.2) is 8.42 Å². The summed E-state index contributed by atoms with van der Waals surface area (Å²) in [6.07, 6.45) is -0.775. The molecule has 1 fully saturated rings. The van der Waals surface area contributed by atoms with Crippen molar-refractivity contribution in [3.05, 3.63) is 59.7 Å². The number of rotatable bonds is 12. The highest BCUT2D eigenvalue weighted by molar-refractivity contribution is 7.98. The van der Waals surface area contributed by atoms with Gasteiger partial charge in [-0.05, 0) is 93.7 Å². The molecule has 2 aromatic carbocycles. The molecule has 7 nitrogen and oxygen atoms in total. The van der Waals surface area contributed by atoms with Crippen LogP contribution >= 0.6 is 11.8 Å². The molecule has 0 saturated heterocycles. The first-order valence-corrected chi connectivity index (χ1v) is 17.4. The highest BCUT2D eigenvalue weighted by Gasteiger charge is 2.38. The van der Waals surface area contributed by atoms with Gasteiger partial charge in [-0.2, -0.15) is 13.2 Å². The number of amides is 2. The lowest BCUT2D eigenvalue weighted by Crippen LogP contribution is -2.53. The average molecular weight is 642 g/mol. The topological polar surface area (TPSA) is 95.6 Å². The first kappa shape index (κ1) is 34.9. The van der Waals surface area contributed by atoms with E-state index in [2.05, 4.69) is 43.2 Å². The van der Waals surface area contributed by atoms with Gasteiger partial charge in [0.1, 0.15) is 0 Å². The molecule has 3 atom stereocenters. The van der Waals surface area contributed by atoms with Gasteiger partial charge in [-0.1, -0.05) is 19.9 Å². The molecule has 1 aliphatic carbocycles. The maximum atomic E-state index is 13.5. The second-order valence-corrected chi connectivity index (χ2v) is 14.7. The summed E-state index contributed by atoms with van der Waals surface area (Å²) in [6.45, 7) is 8.97. The SMILES string of the molecule is CSc1ccc(S(=O)(=O)C[C@@H]2C[C@H](N(CC(C)C)C(C)C)CC[C@@H]2NC(=O)CNC(=O)c2cccc(C(F)(F)F)c2)cc1. The van der Waals surface area contributed by atoms with E-state index in [9.17, 15) is 31.2 Å². The molecule has 0 bridgehead atoms. The van der Waals surface area contributed by atoms with Gasteiger partial charge in [-0.3, -0.25) is 14.5 Å². The van der Waals surface area contributed by atoms with Gasteiger partial charge in [0.15, 0.2) is 9.84 Å². The van der Waals surface area contributed by atoms with Gasteiger partial charge in [0.2, 0.25) is 5.91 Å². The van der Waals surface area contributed by atoms with E-state index in [0.717, 1.165) is 36.1 Å². The highest BCUT2D eigenvalue weighted by atomic mass is 32.2. The molecule has 2 aromatic rings. The van der Waals surface area contributed by atoms with Gasteiger partial charge in [0.25, 0.3) is 5.91 Å². The fourth-order valence-corrected chi connectivity index (χ4v) is 7.72. The quantitative estimate of drug-likeness (QED) is 0.291. The molecular formula is C31H42F3N3O4S2. The molecule has 0 radical (unpaired) electrons. The zero-order chi connectivity index (χ0) is 31.9. The smallest absolute Gasteiger partial charge is 0.352 e. The normalized spacial score (nSPS) is 19.6. The van der Waals surface area contributed by atoms with Crippen molar-refractivity contribution in [2.24, 2.45) is 11.8 Å². The van der Waals surface area contributed by atoms with Crippen molar-refractivity contribution in [3.63, 3.8) is 0 Å². The van der Waals surface area contributed by atoms with E-state index in [1.807, 2.05) is 6.26 Å². The summed E-state index contributed by atoms with van der Waals surface area (Å²) in [6, 6.07) is 10.7. The van der Waals surface area contributed by atoms with Crippen molar-refractivity contribution < 1.29 is 31.2 Å². The fourth-order valence-electron chi connectivity index (χ4n) is 5.64. The third-order valence-corrected chi connectivity index (χ3v) is 10.3. The Labute approximate surface area is 257 Å². The van der Waals surface area contributed by atoms with Crippen molar-refractivity contribution in [1.29, 1.82) is 0 Å². The Kier molecular flexibility index (Phi) is 12.1. The van der Waals surface area contributed by atoms with Crippen LogP contribution in [0.3, 0.4) is 0 Å². The standard InChI is InChI=1S/C31H42F3N3O4S2/c1-20(2)18-37(21(3)4)25-9-14-28(23(16-25)19-43(40,41)27-12-10-26(42-5)11-13-27)36-29(38)17-35-30(39)22-7-6-8-24(15-22)31(32,33)34/h6-8,10-13,15,20-21,23,25,28H,9,14,16-19H2,1-5H3,(H,35,39)(H,36,38)/t23-,25+,28-/m0/s1. The van der Waals surface area contributed by atoms with Crippen molar-refractivity contribution in [2.45, 2.75) is 81.1 Å². The lowest BCUT2D eigenvalue weighted by atomic mass is 9.81. The number of carbonyl (C=O) groups is 2. The zero-order valence-corrected chi connectivity index (χ0v) is 26.9. The predicted molar refractivity (Wildman–Crippen MR) is 164 cm³/mol. The van der Waals surface area contributed by atoms with Crippen LogP contribution in [0.1, 0.15) is 62.9 Å². The Hall–Kier alpha value is -2.57. The number of carbonyl (C=O) groups excluding carboxylic acids is 2. The minimum Gasteiger partial charge on any atom is -0.352 e. The molecule has 0 aromatic heterocycles. The molecule has 0 spiro atoms. The number of alkyl halides is 3. The Morgan fingerprint density at radius 3 is 2.30 bits per heavy atom. The van der Waals surface area contributed by atoms with E-state index < -0.39 is 46.0 Å². The van der Waals surface area contributed by atoms with Crippen LogP contribution in [0.5, 0.6) is 0 Å². The fraction of sp³-hybridized carbons (Fsp3) is 0.548. The van der Waals surface area contributed by atoms with Crippen molar-refractivity contribution in [1.82, 2.24) is 15.5 Å². The van der Waals surface area contributed by atoms with Gasteiger partial charge < -0.3 is 10.6 Å². The number of hydrogen-bond donors (Lipinski definition) is 2. The molecule has 238 valence electrons. The number of benzene rings is 2. The molecule has 0 aliphatic heterocycles. The third kappa shape index (κ3) is 9.97. The number of sulfone groups is 1. The molecule has 0 unspecified atom stereocenters. The van der Waals surface area contributed by atoms with Crippen molar-refractivity contribution in [3.8, 4) is 0 Å².